The van der Waals surface area contributed by atoms with Crippen LogP contribution < -0.4 is 5.32 Å². The SMILES string of the molecule is CC1(C)OC(=O)C(C(=O)Nc2ccccc2)C(=O)O1. The minimum Gasteiger partial charge on any atom is -0.422 e. The summed E-state index contributed by atoms with van der Waals surface area (Å²) < 4.78 is 9.75. The summed E-state index contributed by atoms with van der Waals surface area (Å²) in [6.07, 6.45) is 0. The molecule has 0 unspecified atom stereocenters. The quantitative estimate of drug-likeness (QED) is 0.637. The Labute approximate surface area is 109 Å². The summed E-state index contributed by atoms with van der Waals surface area (Å²) in [7, 11) is 0. The van der Waals surface area contributed by atoms with Crippen molar-refractivity contribution >= 4 is 23.5 Å². The van der Waals surface area contributed by atoms with E-state index in [-0.39, 0.29) is 0 Å². The topological polar surface area (TPSA) is 81.7 Å². The average molecular weight is 263 g/mol. The first-order valence-electron chi connectivity index (χ1n) is 5.71. The molecule has 0 radical (unpaired) electrons. The molecule has 1 aromatic carbocycles. The molecule has 1 saturated heterocycles. The molecule has 1 amide bonds. The smallest absolute Gasteiger partial charge is 0.333 e. The zero-order valence-electron chi connectivity index (χ0n) is 10.5. The average Bonchev–Trinajstić information content (AvgIpc) is 2.27. The maximum atomic E-state index is 11.9. The van der Waals surface area contributed by atoms with E-state index in [0.717, 1.165) is 0 Å². The lowest BCUT2D eigenvalue weighted by molar-refractivity contribution is -0.238. The first kappa shape index (κ1) is 13.1. The summed E-state index contributed by atoms with van der Waals surface area (Å²) in [6, 6.07) is 8.50. The fourth-order valence-corrected chi connectivity index (χ4v) is 1.67. The Morgan fingerprint density at radius 2 is 1.63 bits per heavy atom. The van der Waals surface area contributed by atoms with Crippen LogP contribution in [0.2, 0.25) is 0 Å². The number of hydrogen-bond acceptors (Lipinski definition) is 5. The second-order valence-electron chi connectivity index (χ2n) is 4.53. The molecule has 0 aromatic heterocycles. The first-order valence-corrected chi connectivity index (χ1v) is 5.71. The zero-order chi connectivity index (χ0) is 14.0. The lowest BCUT2D eigenvalue weighted by Gasteiger charge is -2.32. The fourth-order valence-electron chi connectivity index (χ4n) is 1.67. The number of carbonyl (C=O) groups excluding carboxylic acids is 3. The normalized spacial score (nSPS) is 18.4. The monoisotopic (exact) mass is 263 g/mol. The Morgan fingerprint density at radius 3 is 2.16 bits per heavy atom. The van der Waals surface area contributed by atoms with Crippen LogP contribution in [0, 0.1) is 5.92 Å². The molecule has 1 heterocycles. The number of rotatable bonds is 2. The van der Waals surface area contributed by atoms with E-state index in [1.807, 2.05) is 0 Å². The molecule has 0 bridgehead atoms. The van der Waals surface area contributed by atoms with Gasteiger partial charge in [-0.15, -0.1) is 0 Å². The van der Waals surface area contributed by atoms with Crippen LogP contribution in [-0.2, 0) is 23.9 Å². The van der Waals surface area contributed by atoms with Crippen molar-refractivity contribution in [2.24, 2.45) is 5.92 Å². The van der Waals surface area contributed by atoms with E-state index in [9.17, 15) is 14.4 Å². The van der Waals surface area contributed by atoms with Crippen molar-refractivity contribution in [3.8, 4) is 0 Å². The predicted molar refractivity (Wildman–Crippen MR) is 64.8 cm³/mol. The third-order valence-corrected chi connectivity index (χ3v) is 2.47. The maximum absolute atomic E-state index is 11.9. The standard InChI is InChI=1S/C13H13NO5/c1-13(2)18-11(16)9(12(17)19-13)10(15)14-8-6-4-3-5-7-8/h3-7,9H,1-2H3,(H,14,15). The van der Waals surface area contributed by atoms with Crippen LogP contribution in [0.5, 0.6) is 0 Å². The summed E-state index contributed by atoms with van der Waals surface area (Å²) >= 11 is 0. The van der Waals surface area contributed by atoms with Gasteiger partial charge in [0.25, 0.3) is 5.79 Å². The van der Waals surface area contributed by atoms with Crippen LogP contribution in [0.4, 0.5) is 5.69 Å². The van der Waals surface area contributed by atoms with Crippen molar-refractivity contribution in [3.63, 3.8) is 0 Å². The van der Waals surface area contributed by atoms with Gasteiger partial charge in [-0.1, -0.05) is 18.2 Å². The number of anilines is 1. The molecule has 1 aliphatic rings. The lowest BCUT2D eigenvalue weighted by Crippen LogP contribution is -2.50. The van der Waals surface area contributed by atoms with E-state index in [1.54, 1.807) is 30.3 Å². The molecule has 1 aliphatic heterocycles. The van der Waals surface area contributed by atoms with E-state index in [4.69, 9.17) is 9.47 Å². The molecular formula is C13H13NO5. The van der Waals surface area contributed by atoms with Crippen LogP contribution in [0.1, 0.15) is 13.8 Å². The number of para-hydroxylation sites is 1. The molecule has 0 aliphatic carbocycles. The van der Waals surface area contributed by atoms with E-state index in [2.05, 4.69) is 5.32 Å². The van der Waals surface area contributed by atoms with Crippen LogP contribution in [0.15, 0.2) is 30.3 Å². The van der Waals surface area contributed by atoms with E-state index in [1.165, 1.54) is 13.8 Å². The van der Waals surface area contributed by atoms with E-state index >= 15 is 0 Å². The van der Waals surface area contributed by atoms with Crippen molar-refractivity contribution in [3.05, 3.63) is 30.3 Å². The summed E-state index contributed by atoms with van der Waals surface area (Å²) in [5.74, 6) is -5.51. The van der Waals surface area contributed by atoms with Crippen molar-refractivity contribution in [1.29, 1.82) is 0 Å². The molecular weight excluding hydrogens is 250 g/mol. The van der Waals surface area contributed by atoms with Crippen LogP contribution in [0.25, 0.3) is 0 Å². The second-order valence-corrected chi connectivity index (χ2v) is 4.53. The van der Waals surface area contributed by atoms with E-state index < -0.39 is 29.6 Å². The Balaban J connectivity index is 2.11. The highest BCUT2D eigenvalue weighted by Crippen LogP contribution is 2.24. The van der Waals surface area contributed by atoms with Gasteiger partial charge in [0.05, 0.1) is 0 Å². The van der Waals surface area contributed by atoms with Crippen LogP contribution in [-0.4, -0.2) is 23.6 Å². The Kier molecular flexibility index (Phi) is 3.25. The summed E-state index contributed by atoms with van der Waals surface area (Å²) in [6.45, 7) is 2.85. The van der Waals surface area contributed by atoms with Crippen molar-refractivity contribution < 1.29 is 23.9 Å². The largest absolute Gasteiger partial charge is 0.422 e. The highest BCUT2D eigenvalue weighted by Gasteiger charge is 2.47. The van der Waals surface area contributed by atoms with Gasteiger partial charge in [-0.25, -0.2) is 0 Å². The van der Waals surface area contributed by atoms with Crippen molar-refractivity contribution in [1.82, 2.24) is 0 Å². The summed E-state index contributed by atoms with van der Waals surface area (Å²) in [5.41, 5.74) is 0.484. The molecule has 100 valence electrons. The van der Waals surface area contributed by atoms with Gasteiger partial charge in [-0.05, 0) is 12.1 Å². The second kappa shape index (κ2) is 4.72. The molecule has 0 atom stereocenters. The number of ether oxygens (including phenoxy) is 2. The molecule has 2 rings (SSSR count). The number of amides is 1. The van der Waals surface area contributed by atoms with Gasteiger partial charge in [0, 0.05) is 19.5 Å². The van der Waals surface area contributed by atoms with Gasteiger partial charge in [-0.3, -0.25) is 14.4 Å². The minimum absolute atomic E-state index is 0.484. The molecule has 19 heavy (non-hydrogen) atoms. The van der Waals surface area contributed by atoms with Crippen LogP contribution >= 0.6 is 0 Å². The highest BCUT2D eigenvalue weighted by molar-refractivity contribution is 6.18. The van der Waals surface area contributed by atoms with Crippen LogP contribution in [0.3, 0.4) is 0 Å². The first-order chi connectivity index (χ1) is 8.89. The molecule has 0 saturated carbocycles. The maximum Gasteiger partial charge on any atom is 0.333 e. The van der Waals surface area contributed by atoms with E-state index in [0.29, 0.717) is 5.69 Å². The van der Waals surface area contributed by atoms with Gasteiger partial charge in [0.1, 0.15) is 0 Å². The molecule has 1 aromatic rings. The third-order valence-electron chi connectivity index (χ3n) is 2.47. The number of nitrogens with one attached hydrogen (secondary N) is 1. The summed E-state index contributed by atoms with van der Waals surface area (Å²) in [4.78, 5) is 35.2. The van der Waals surface area contributed by atoms with Gasteiger partial charge in [0.2, 0.25) is 11.8 Å². The Hall–Kier alpha value is -2.37. The van der Waals surface area contributed by atoms with Gasteiger partial charge in [-0.2, -0.15) is 0 Å². The molecule has 1 fully saturated rings. The van der Waals surface area contributed by atoms with Gasteiger partial charge >= 0.3 is 11.9 Å². The Bertz CT molecular complexity index is 503. The number of hydrogen-bond donors (Lipinski definition) is 1. The number of cyclic esters (lactones) is 2. The lowest BCUT2D eigenvalue weighted by atomic mass is 10.1. The highest BCUT2D eigenvalue weighted by atomic mass is 16.7. The number of carbonyl (C=O) groups is 3. The van der Waals surface area contributed by atoms with Gasteiger partial charge < -0.3 is 14.8 Å². The fraction of sp³-hybridized carbons (Fsp3) is 0.308. The van der Waals surface area contributed by atoms with Gasteiger partial charge in [0.15, 0.2) is 0 Å². The predicted octanol–water partition coefficient (Wildman–Crippen LogP) is 1.08. The molecule has 6 nitrogen and oxygen atoms in total. The zero-order valence-corrected chi connectivity index (χ0v) is 10.5. The number of benzene rings is 1. The molecule has 6 heteroatoms. The summed E-state index contributed by atoms with van der Waals surface area (Å²) in [5, 5.41) is 2.46. The third kappa shape index (κ3) is 2.90. The minimum atomic E-state index is -1.59. The molecule has 1 N–H and O–H groups in total. The Morgan fingerprint density at radius 1 is 1.11 bits per heavy atom. The van der Waals surface area contributed by atoms with Crippen molar-refractivity contribution in [2.45, 2.75) is 19.6 Å². The number of esters is 2. The molecule has 0 spiro atoms. The van der Waals surface area contributed by atoms with Crippen molar-refractivity contribution in [2.75, 3.05) is 5.32 Å².